The van der Waals surface area contributed by atoms with E-state index in [9.17, 15) is 4.79 Å². The molecule has 1 aromatic carbocycles. The molecular weight excluding hydrogens is 352 g/mol. The van der Waals surface area contributed by atoms with Gasteiger partial charge in [0.15, 0.2) is 6.73 Å². The Labute approximate surface area is 161 Å². The fourth-order valence-electron chi connectivity index (χ4n) is 3.38. The molecule has 2 rings (SSSR count). The van der Waals surface area contributed by atoms with Gasteiger partial charge in [-0.05, 0) is 50.2 Å². The highest BCUT2D eigenvalue weighted by Gasteiger charge is 2.23. The van der Waals surface area contributed by atoms with E-state index in [2.05, 4.69) is 12.1 Å². The summed E-state index contributed by atoms with van der Waals surface area (Å²) in [5.74, 6) is 0.461. The molecule has 0 saturated heterocycles. The highest BCUT2D eigenvalue weighted by atomic mass is 35.5. The third kappa shape index (κ3) is 4.91. The first-order chi connectivity index (χ1) is 12.7. The van der Waals surface area contributed by atoms with Gasteiger partial charge in [0.05, 0.1) is 18.5 Å². The van der Waals surface area contributed by atoms with Crippen molar-refractivity contribution in [1.82, 2.24) is 0 Å². The van der Waals surface area contributed by atoms with E-state index in [0.29, 0.717) is 0 Å². The molecule has 1 aliphatic carbocycles. The van der Waals surface area contributed by atoms with Gasteiger partial charge in [-0.25, -0.2) is 0 Å². The second-order valence-electron chi connectivity index (χ2n) is 6.39. The lowest BCUT2D eigenvalue weighted by Crippen LogP contribution is -2.35. The zero-order chi connectivity index (χ0) is 18.9. The highest BCUT2D eigenvalue weighted by Crippen LogP contribution is 2.34. The molecule has 1 amide bonds. The standard InChI is InChI=1S/C20H29ClN2O3/c1-4-15-11-12-18(25-3)17(5-2)20(15)23(19(24)13-21)14-26-22-16-9-7-6-8-10-16/h11-12H,4-10,13-14H2,1-3H3. The predicted molar refractivity (Wildman–Crippen MR) is 106 cm³/mol. The van der Waals surface area contributed by atoms with Crippen molar-refractivity contribution >= 4 is 28.9 Å². The fraction of sp³-hybridized carbons (Fsp3) is 0.600. The number of ether oxygens (including phenoxy) is 1. The van der Waals surface area contributed by atoms with Gasteiger partial charge < -0.3 is 9.57 Å². The highest BCUT2D eigenvalue weighted by molar-refractivity contribution is 6.29. The number of carbonyl (C=O) groups is 1. The van der Waals surface area contributed by atoms with Crippen LogP contribution < -0.4 is 9.64 Å². The van der Waals surface area contributed by atoms with E-state index in [0.717, 1.165) is 66.8 Å². The maximum Gasteiger partial charge on any atom is 0.244 e. The van der Waals surface area contributed by atoms with Crippen LogP contribution in [0.5, 0.6) is 5.75 Å². The molecule has 0 spiro atoms. The minimum atomic E-state index is -0.201. The molecule has 0 atom stereocenters. The SMILES string of the molecule is CCc1ccc(OC)c(CC)c1N(CON=C1CCCCC1)C(=O)CCl. The maximum absolute atomic E-state index is 12.6. The third-order valence-electron chi connectivity index (χ3n) is 4.77. The predicted octanol–water partition coefficient (Wildman–Crippen LogP) is 4.69. The number of rotatable bonds is 8. The van der Waals surface area contributed by atoms with Crippen molar-refractivity contribution in [1.29, 1.82) is 0 Å². The van der Waals surface area contributed by atoms with Gasteiger partial charge in [-0.3, -0.25) is 9.69 Å². The molecule has 1 aromatic rings. The second kappa shape index (κ2) is 10.4. The topological polar surface area (TPSA) is 51.1 Å². The van der Waals surface area contributed by atoms with Crippen LogP contribution in [0.1, 0.15) is 57.1 Å². The van der Waals surface area contributed by atoms with Gasteiger partial charge in [0.25, 0.3) is 0 Å². The molecule has 1 aliphatic rings. The van der Waals surface area contributed by atoms with Crippen molar-refractivity contribution in [3.63, 3.8) is 0 Å². The number of oxime groups is 1. The number of methoxy groups -OCH3 is 1. The second-order valence-corrected chi connectivity index (χ2v) is 6.66. The zero-order valence-electron chi connectivity index (χ0n) is 16.0. The van der Waals surface area contributed by atoms with Crippen LogP contribution in [-0.4, -0.2) is 31.3 Å². The van der Waals surface area contributed by atoms with E-state index in [4.69, 9.17) is 21.2 Å². The van der Waals surface area contributed by atoms with E-state index < -0.39 is 0 Å². The van der Waals surface area contributed by atoms with E-state index >= 15 is 0 Å². The summed E-state index contributed by atoms with van der Waals surface area (Å²) in [6, 6.07) is 3.95. The summed E-state index contributed by atoms with van der Waals surface area (Å²) in [7, 11) is 1.64. The lowest BCUT2D eigenvalue weighted by Gasteiger charge is -2.27. The Morgan fingerprint density at radius 2 is 1.92 bits per heavy atom. The van der Waals surface area contributed by atoms with Gasteiger partial charge in [0.1, 0.15) is 11.6 Å². The fourth-order valence-corrected chi connectivity index (χ4v) is 3.53. The Bertz CT molecular complexity index is 638. The van der Waals surface area contributed by atoms with E-state index in [1.807, 2.05) is 19.1 Å². The molecule has 0 bridgehead atoms. The molecule has 144 valence electrons. The molecule has 0 aliphatic heterocycles. The van der Waals surface area contributed by atoms with Gasteiger partial charge in [0.2, 0.25) is 5.91 Å². The molecule has 0 unspecified atom stereocenters. The summed E-state index contributed by atoms with van der Waals surface area (Å²) < 4.78 is 5.50. The first kappa shape index (κ1) is 20.6. The molecule has 5 nitrogen and oxygen atoms in total. The number of benzene rings is 1. The number of nitrogens with zero attached hydrogens (tertiary/aromatic N) is 2. The monoisotopic (exact) mass is 380 g/mol. The van der Waals surface area contributed by atoms with Crippen LogP contribution in [0.15, 0.2) is 17.3 Å². The summed E-state index contributed by atoms with van der Waals surface area (Å²) >= 11 is 5.88. The molecule has 26 heavy (non-hydrogen) atoms. The molecule has 0 aromatic heterocycles. The van der Waals surface area contributed by atoms with Crippen LogP contribution in [0.4, 0.5) is 5.69 Å². The van der Waals surface area contributed by atoms with Gasteiger partial charge in [-0.2, -0.15) is 0 Å². The lowest BCUT2D eigenvalue weighted by atomic mass is 9.99. The van der Waals surface area contributed by atoms with E-state index in [-0.39, 0.29) is 18.5 Å². The summed E-state index contributed by atoms with van der Waals surface area (Å²) in [5.41, 5.74) is 3.96. The average Bonchev–Trinajstić information content (AvgIpc) is 2.70. The Balaban J connectivity index is 2.32. The molecule has 0 heterocycles. The molecule has 0 N–H and O–H groups in total. The van der Waals surface area contributed by atoms with Crippen molar-refractivity contribution in [2.45, 2.75) is 58.8 Å². The minimum absolute atomic E-state index is 0.0578. The van der Waals surface area contributed by atoms with Gasteiger partial charge in [-0.1, -0.05) is 31.5 Å². The molecule has 1 saturated carbocycles. The normalized spacial score (nSPS) is 14.1. The Morgan fingerprint density at radius 3 is 2.50 bits per heavy atom. The van der Waals surface area contributed by atoms with E-state index in [1.54, 1.807) is 12.0 Å². The third-order valence-corrected chi connectivity index (χ3v) is 5.00. The quantitative estimate of drug-likeness (QED) is 0.373. The lowest BCUT2D eigenvalue weighted by molar-refractivity contribution is -0.117. The van der Waals surface area contributed by atoms with E-state index in [1.165, 1.54) is 6.42 Å². The number of carbonyl (C=O) groups excluding carboxylic acids is 1. The van der Waals surface area contributed by atoms with Crippen LogP contribution in [0, 0.1) is 0 Å². The van der Waals surface area contributed by atoms with Crippen LogP contribution in [0.25, 0.3) is 0 Å². The molecule has 0 radical (unpaired) electrons. The van der Waals surface area contributed by atoms with Crippen LogP contribution in [0.3, 0.4) is 0 Å². The number of alkyl halides is 1. The zero-order valence-corrected chi connectivity index (χ0v) is 16.8. The van der Waals surface area contributed by atoms with Crippen molar-refractivity contribution < 1.29 is 14.4 Å². The maximum atomic E-state index is 12.6. The number of halogens is 1. The van der Waals surface area contributed by atoms with Crippen molar-refractivity contribution in [3.8, 4) is 5.75 Å². The Morgan fingerprint density at radius 1 is 1.19 bits per heavy atom. The van der Waals surface area contributed by atoms with Crippen molar-refractivity contribution in [2.24, 2.45) is 5.16 Å². The Hall–Kier alpha value is -1.75. The summed E-state index contributed by atoms with van der Waals surface area (Å²) in [5, 5.41) is 4.27. The molecule has 1 fully saturated rings. The molecular formula is C20H29ClN2O3. The number of hydrogen-bond acceptors (Lipinski definition) is 4. The first-order valence-electron chi connectivity index (χ1n) is 9.38. The molecule has 6 heteroatoms. The summed E-state index contributed by atoms with van der Waals surface area (Å²) in [4.78, 5) is 19.7. The van der Waals surface area contributed by atoms with Crippen LogP contribution in [-0.2, 0) is 22.5 Å². The number of anilines is 1. The first-order valence-corrected chi connectivity index (χ1v) is 9.92. The largest absolute Gasteiger partial charge is 0.496 e. The number of hydrogen-bond donors (Lipinski definition) is 0. The smallest absolute Gasteiger partial charge is 0.244 e. The van der Waals surface area contributed by atoms with Crippen LogP contribution >= 0.6 is 11.6 Å². The number of amides is 1. The number of aryl methyl sites for hydroxylation is 1. The summed E-state index contributed by atoms with van der Waals surface area (Å²) in [6.07, 6.45) is 7.05. The van der Waals surface area contributed by atoms with Gasteiger partial charge in [0, 0.05) is 5.56 Å². The average molecular weight is 381 g/mol. The Kier molecular flexibility index (Phi) is 8.23. The summed E-state index contributed by atoms with van der Waals surface area (Å²) in [6.45, 7) is 4.17. The van der Waals surface area contributed by atoms with Crippen LogP contribution in [0.2, 0.25) is 0 Å². The van der Waals surface area contributed by atoms with Crippen molar-refractivity contribution in [3.05, 3.63) is 23.3 Å². The van der Waals surface area contributed by atoms with Gasteiger partial charge in [-0.15, -0.1) is 11.6 Å². The minimum Gasteiger partial charge on any atom is -0.496 e. The van der Waals surface area contributed by atoms with Crippen molar-refractivity contribution in [2.75, 3.05) is 24.6 Å². The van der Waals surface area contributed by atoms with Gasteiger partial charge >= 0.3 is 0 Å².